The lowest BCUT2D eigenvalue weighted by atomic mass is 10.0. The first-order valence-corrected chi connectivity index (χ1v) is 8.46. The van der Waals surface area contributed by atoms with Gasteiger partial charge in [-0.1, -0.05) is 6.07 Å². The number of hydrogen-bond donors (Lipinski definition) is 1. The molecule has 1 aromatic heterocycles. The highest BCUT2D eigenvalue weighted by atomic mass is 16.6. The molecule has 0 bridgehead atoms. The number of methoxy groups -OCH3 is 2. The molecule has 1 atom stereocenters. The lowest BCUT2D eigenvalue weighted by Gasteiger charge is -2.25. The van der Waals surface area contributed by atoms with Crippen molar-refractivity contribution in [1.29, 1.82) is 0 Å². The van der Waals surface area contributed by atoms with Crippen molar-refractivity contribution >= 4 is 17.3 Å². The number of benzene rings is 2. The van der Waals surface area contributed by atoms with Crippen molar-refractivity contribution < 1.29 is 14.4 Å². The SMILES string of the molecule is COc1ccc([C@H]2C=C(c3ccc([N+](=O)[O-])cc3)Nc3ncnn32)cc1OC. The van der Waals surface area contributed by atoms with E-state index < -0.39 is 4.92 Å². The molecule has 0 unspecified atom stereocenters. The minimum absolute atomic E-state index is 0.0415. The second kappa shape index (κ2) is 7.03. The second-order valence-corrected chi connectivity index (χ2v) is 6.10. The number of allylic oxidation sites excluding steroid dienone is 1. The fourth-order valence-corrected chi connectivity index (χ4v) is 3.14. The number of nitrogens with one attached hydrogen (secondary N) is 1. The molecule has 0 amide bonds. The number of nitrogens with zero attached hydrogens (tertiary/aromatic N) is 4. The third-order valence-electron chi connectivity index (χ3n) is 4.55. The molecule has 9 nitrogen and oxygen atoms in total. The highest BCUT2D eigenvalue weighted by Gasteiger charge is 2.24. The van der Waals surface area contributed by atoms with Crippen molar-refractivity contribution in [1.82, 2.24) is 14.8 Å². The molecule has 1 aliphatic heterocycles. The van der Waals surface area contributed by atoms with Crippen molar-refractivity contribution in [3.8, 4) is 11.5 Å². The van der Waals surface area contributed by atoms with Gasteiger partial charge in [-0.3, -0.25) is 10.1 Å². The van der Waals surface area contributed by atoms with Gasteiger partial charge in [-0.15, -0.1) is 0 Å². The van der Waals surface area contributed by atoms with E-state index in [4.69, 9.17) is 9.47 Å². The Balaban J connectivity index is 1.76. The summed E-state index contributed by atoms with van der Waals surface area (Å²) >= 11 is 0. The van der Waals surface area contributed by atoms with Crippen molar-refractivity contribution in [2.45, 2.75) is 6.04 Å². The first-order chi connectivity index (χ1) is 13.6. The molecule has 1 N–H and O–H groups in total. The largest absolute Gasteiger partial charge is 0.493 e. The standard InChI is InChI=1S/C19H17N5O4/c1-27-17-8-5-13(9-18(17)28-2)16-10-15(22-19-20-11-21-23(16)19)12-3-6-14(7-4-12)24(25)26/h3-11,16H,1-2H3,(H,20,21,22)/t16-/m1/s1. The maximum absolute atomic E-state index is 10.9. The van der Waals surface area contributed by atoms with Crippen LogP contribution in [0.2, 0.25) is 0 Å². The van der Waals surface area contributed by atoms with E-state index in [9.17, 15) is 10.1 Å². The van der Waals surface area contributed by atoms with E-state index in [0.29, 0.717) is 17.4 Å². The smallest absolute Gasteiger partial charge is 0.269 e. The molecule has 0 aliphatic carbocycles. The average molecular weight is 379 g/mol. The summed E-state index contributed by atoms with van der Waals surface area (Å²) in [5, 5.41) is 18.4. The number of rotatable bonds is 5. The Morgan fingerprint density at radius 2 is 1.86 bits per heavy atom. The van der Waals surface area contributed by atoms with Gasteiger partial charge in [0.15, 0.2) is 11.5 Å². The first-order valence-electron chi connectivity index (χ1n) is 8.46. The Morgan fingerprint density at radius 3 is 2.54 bits per heavy atom. The number of fused-ring (bicyclic) bond motifs is 1. The summed E-state index contributed by atoms with van der Waals surface area (Å²) in [5.41, 5.74) is 2.57. The summed E-state index contributed by atoms with van der Waals surface area (Å²) in [6, 6.07) is 11.8. The van der Waals surface area contributed by atoms with E-state index in [1.807, 2.05) is 24.3 Å². The van der Waals surface area contributed by atoms with Crippen LogP contribution in [0.15, 0.2) is 54.9 Å². The average Bonchev–Trinajstić information content (AvgIpc) is 3.21. The van der Waals surface area contributed by atoms with Gasteiger partial charge < -0.3 is 14.8 Å². The van der Waals surface area contributed by atoms with Gasteiger partial charge in [-0.25, -0.2) is 4.68 Å². The zero-order chi connectivity index (χ0) is 19.7. The summed E-state index contributed by atoms with van der Waals surface area (Å²) in [5.74, 6) is 1.83. The first kappa shape index (κ1) is 17.5. The molecule has 0 spiro atoms. The predicted molar refractivity (Wildman–Crippen MR) is 102 cm³/mol. The number of anilines is 1. The topological polar surface area (TPSA) is 104 Å². The number of hydrogen-bond acceptors (Lipinski definition) is 7. The maximum atomic E-state index is 10.9. The molecule has 28 heavy (non-hydrogen) atoms. The fraction of sp³-hybridized carbons (Fsp3) is 0.158. The monoisotopic (exact) mass is 379 g/mol. The van der Waals surface area contributed by atoms with Gasteiger partial charge in [-0.05, 0) is 41.5 Å². The van der Waals surface area contributed by atoms with E-state index in [1.165, 1.54) is 18.5 Å². The molecule has 0 fully saturated rings. The quantitative estimate of drug-likeness (QED) is 0.536. The van der Waals surface area contributed by atoms with Gasteiger partial charge in [0.05, 0.1) is 19.1 Å². The summed E-state index contributed by atoms with van der Waals surface area (Å²) in [6.45, 7) is 0. The highest BCUT2D eigenvalue weighted by molar-refractivity contribution is 5.77. The van der Waals surface area contributed by atoms with Gasteiger partial charge in [-0.2, -0.15) is 10.1 Å². The van der Waals surface area contributed by atoms with Crippen molar-refractivity contribution in [3.05, 3.63) is 76.1 Å². The summed E-state index contributed by atoms with van der Waals surface area (Å²) in [6.07, 6.45) is 3.47. The number of nitro benzene ring substituents is 1. The molecule has 1 aliphatic rings. The van der Waals surface area contributed by atoms with Crippen LogP contribution in [-0.4, -0.2) is 33.9 Å². The fourth-order valence-electron chi connectivity index (χ4n) is 3.14. The van der Waals surface area contributed by atoms with Crippen LogP contribution in [0.1, 0.15) is 17.2 Å². The Bertz CT molecular complexity index is 1060. The predicted octanol–water partition coefficient (Wildman–Crippen LogP) is 3.26. The molecule has 142 valence electrons. The molecular formula is C19H17N5O4. The minimum atomic E-state index is -0.421. The van der Waals surface area contributed by atoms with Crippen LogP contribution in [0.4, 0.5) is 11.6 Å². The molecule has 3 aromatic rings. The number of ether oxygens (including phenoxy) is 2. The number of nitro groups is 1. The molecule has 0 saturated heterocycles. The van der Waals surface area contributed by atoms with Gasteiger partial charge in [0.25, 0.3) is 5.69 Å². The van der Waals surface area contributed by atoms with E-state index in [2.05, 4.69) is 15.4 Å². The molecule has 4 rings (SSSR count). The van der Waals surface area contributed by atoms with Gasteiger partial charge in [0.1, 0.15) is 12.4 Å². The summed E-state index contributed by atoms with van der Waals surface area (Å²) < 4.78 is 12.5. The Hall–Kier alpha value is -3.88. The zero-order valence-electron chi connectivity index (χ0n) is 15.2. The zero-order valence-corrected chi connectivity index (χ0v) is 15.2. The van der Waals surface area contributed by atoms with Crippen LogP contribution in [-0.2, 0) is 0 Å². The molecule has 0 radical (unpaired) electrons. The van der Waals surface area contributed by atoms with Crippen LogP contribution in [0.25, 0.3) is 5.70 Å². The molecule has 0 saturated carbocycles. The molecule has 2 heterocycles. The summed E-state index contributed by atoms with van der Waals surface area (Å²) in [4.78, 5) is 14.7. The highest BCUT2D eigenvalue weighted by Crippen LogP contribution is 2.36. The van der Waals surface area contributed by atoms with Crippen LogP contribution >= 0.6 is 0 Å². The summed E-state index contributed by atoms with van der Waals surface area (Å²) in [7, 11) is 3.17. The molecular weight excluding hydrogens is 362 g/mol. The second-order valence-electron chi connectivity index (χ2n) is 6.10. The Kier molecular flexibility index (Phi) is 4.40. The minimum Gasteiger partial charge on any atom is -0.493 e. The third-order valence-corrected chi connectivity index (χ3v) is 4.55. The van der Waals surface area contributed by atoms with Gasteiger partial charge >= 0.3 is 0 Å². The van der Waals surface area contributed by atoms with Crippen LogP contribution in [0.3, 0.4) is 0 Å². The molecule has 9 heteroatoms. The van der Waals surface area contributed by atoms with Gasteiger partial charge in [0, 0.05) is 17.8 Å². The lowest BCUT2D eigenvalue weighted by Crippen LogP contribution is -2.20. The van der Waals surface area contributed by atoms with E-state index >= 15 is 0 Å². The van der Waals surface area contributed by atoms with Crippen LogP contribution in [0.5, 0.6) is 11.5 Å². The van der Waals surface area contributed by atoms with E-state index in [1.54, 1.807) is 31.0 Å². The molecule has 2 aromatic carbocycles. The number of non-ortho nitro benzene ring substituents is 1. The normalized spacial score (nSPS) is 15.2. The van der Waals surface area contributed by atoms with Crippen molar-refractivity contribution in [2.75, 3.05) is 19.5 Å². The van der Waals surface area contributed by atoms with Crippen LogP contribution < -0.4 is 14.8 Å². The number of aromatic nitrogens is 3. The van der Waals surface area contributed by atoms with Gasteiger partial charge in [0.2, 0.25) is 5.95 Å². The lowest BCUT2D eigenvalue weighted by molar-refractivity contribution is -0.384. The third kappa shape index (κ3) is 3.02. The van der Waals surface area contributed by atoms with Crippen molar-refractivity contribution in [3.63, 3.8) is 0 Å². The Morgan fingerprint density at radius 1 is 1.11 bits per heavy atom. The van der Waals surface area contributed by atoms with E-state index in [0.717, 1.165) is 16.8 Å². The maximum Gasteiger partial charge on any atom is 0.269 e. The van der Waals surface area contributed by atoms with Crippen LogP contribution in [0, 0.1) is 10.1 Å². The van der Waals surface area contributed by atoms with Crippen molar-refractivity contribution in [2.24, 2.45) is 0 Å². The Labute approximate surface area is 160 Å². The van der Waals surface area contributed by atoms with E-state index in [-0.39, 0.29) is 11.7 Å².